The largest absolute Gasteiger partial charge is 0.395 e. The number of sulfonamides is 1. The molecule has 5 nitrogen and oxygen atoms in total. The van der Waals surface area contributed by atoms with E-state index in [0.29, 0.717) is 6.54 Å². The lowest BCUT2D eigenvalue weighted by Gasteiger charge is -2.31. The smallest absolute Gasteiger partial charge is 0.219 e. The SMILES string of the molecule is CCC1CN(C)CCCN1S(=O)(=O)C(C)CO. The second-order valence-corrected chi connectivity index (χ2v) is 7.13. The number of hydrogen-bond donors (Lipinski definition) is 1. The van der Waals surface area contributed by atoms with Gasteiger partial charge in [-0.25, -0.2) is 8.42 Å². The van der Waals surface area contributed by atoms with Gasteiger partial charge in [0.2, 0.25) is 10.0 Å². The maximum Gasteiger partial charge on any atom is 0.219 e. The van der Waals surface area contributed by atoms with E-state index in [2.05, 4.69) is 4.90 Å². The Kier molecular flexibility index (Phi) is 5.37. The Bertz CT molecular complexity index is 332. The fraction of sp³-hybridized carbons (Fsp3) is 1.00. The van der Waals surface area contributed by atoms with Crippen LogP contribution in [0.15, 0.2) is 0 Å². The highest BCUT2D eigenvalue weighted by Crippen LogP contribution is 2.19. The van der Waals surface area contributed by atoms with Gasteiger partial charge in [-0.15, -0.1) is 0 Å². The first-order valence-corrected chi connectivity index (χ1v) is 7.73. The summed E-state index contributed by atoms with van der Waals surface area (Å²) in [6, 6.07) is 0.0292. The van der Waals surface area contributed by atoms with Crippen molar-refractivity contribution < 1.29 is 13.5 Å². The van der Waals surface area contributed by atoms with E-state index in [9.17, 15) is 8.42 Å². The second kappa shape index (κ2) is 6.13. The summed E-state index contributed by atoms with van der Waals surface area (Å²) >= 11 is 0. The molecule has 0 amide bonds. The Morgan fingerprint density at radius 1 is 1.41 bits per heavy atom. The van der Waals surface area contributed by atoms with Crippen molar-refractivity contribution in [2.45, 2.75) is 38.0 Å². The van der Waals surface area contributed by atoms with Crippen molar-refractivity contribution in [3.8, 4) is 0 Å². The van der Waals surface area contributed by atoms with Crippen molar-refractivity contribution in [1.29, 1.82) is 0 Å². The summed E-state index contributed by atoms with van der Waals surface area (Å²) < 4.78 is 26.2. The Morgan fingerprint density at radius 2 is 2.06 bits per heavy atom. The summed E-state index contributed by atoms with van der Waals surface area (Å²) in [6.07, 6.45) is 1.66. The van der Waals surface area contributed by atoms with Crippen LogP contribution in [0.4, 0.5) is 0 Å². The van der Waals surface area contributed by atoms with Crippen molar-refractivity contribution in [1.82, 2.24) is 9.21 Å². The third-order valence-electron chi connectivity index (χ3n) is 3.41. The van der Waals surface area contributed by atoms with Gasteiger partial charge in [-0.1, -0.05) is 6.92 Å². The van der Waals surface area contributed by atoms with Crippen LogP contribution in [0.5, 0.6) is 0 Å². The first-order chi connectivity index (χ1) is 7.93. The second-order valence-electron chi connectivity index (χ2n) is 4.83. The van der Waals surface area contributed by atoms with E-state index in [4.69, 9.17) is 5.11 Å². The molecule has 0 radical (unpaired) electrons. The third-order valence-corrected chi connectivity index (χ3v) is 5.71. The highest BCUT2D eigenvalue weighted by atomic mass is 32.2. The molecule has 1 fully saturated rings. The lowest BCUT2D eigenvalue weighted by Crippen LogP contribution is -2.47. The van der Waals surface area contributed by atoms with E-state index >= 15 is 0 Å². The van der Waals surface area contributed by atoms with Gasteiger partial charge >= 0.3 is 0 Å². The van der Waals surface area contributed by atoms with Gasteiger partial charge in [-0.05, 0) is 33.4 Å². The third kappa shape index (κ3) is 3.40. The number of nitrogens with zero attached hydrogens (tertiary/aromatic N) is 2. The molecule has 0 bridgehead atoms. The molecule has 0 saturated carbocycles. The van der Waals surface area contributed by atoms with Gasteiger partial charge in [0.05, 0.1) is 11.9 Å². The van der Waals surface area contributed by atoms with Crippen LogP contribution < -0.4 is 0 Å². The average Bonchev–Trinajstić information content (AvgIpc) is 2.49. The zero-order chi connectivity index (χ0) is 13.1. The van der Waals surface area contributed by atoms with Crippen LogP contribution in [-0.4, -0.2) is 67.3 Å². The summed E-state index contributed by atoms with van der Waals surface area (Å²) in [7, 11) is -1.34. The Labute approximate surface area is 104 Å². The Hall–Kier alpha value is -0.170. The summed E-state index contributed by atoms with van der Waals surface area (Å²) in [6.45, 7) is 5.52. The molecule has 0 aromatic heterocycles. The zero-order valence-electron chi connectivity index (χ0n) is 11.0. The molecule has 0 aromatic carbocycles. The van der Waals surface area contributed by atoms with Crippen molar-refractivity contribution in [3.05, 3.63) is 0 Å². The number of rotatable bonds is 4. The summed E-state index contributed by atoms with van der Waals surface area (Å²) in [5, 5.41) is 8.36. The van der Waals surface area contributed by atoms with Crippen LogP contribution in [0.1, 0.15) is 26.7 Å². The predicted octanol–water partition coefficient (Wildman–Crippen LogP) is 0.113. The van der Waals surface area contributed by atoms with Crippen LogP contribution in [0.3, 0.4) is 0 Å². The molecule has 0 aromatic rings. The van der Waals surface area contributed by atoms with Gasteiger partial charge in [0.25, 0.3) is 0 Å². The molecular weight excluding hydrogens is 240 g/mol. The Morgan fingerprint density at radius 3 is 2.59 bits per heavy atom. The number of aliphatic hydroxyl groups excluding tert-OH is 1. The first-order valence-electron chi connectivity index (χ1n) is 6.23. The standard InChI is InChI=1S/C11H24N2O3S/c1-4-11-8-12(3)6-5-7-13(11)17(15,16)10(2)9-14/h10-11,14H,4-9H2,1-3H3. The van der Waals surface area contributed by atoms with Crippen molar-refractivity contribution in [2.75, 3.05) is 33.3 Å². The van der Waals surface area contributed by atoms with Gasteiger partial charge < -0.3 is 10.0 Å². The number of likely N-dealkylation sites (N-methyl/N-ethyl adjacent to an activating group) is 1. The van der Waals surface area contributed by atoms with Gasteiger partial charge in [-0.3, -0.25) is 0 Å². The molecule has 0 spiro atoms. The molecule has 1 N–H and O–H groups in total. The average molecular weight is 264 g/mol. The molecule has 0 aliphatic carbocycles. The lowest BCUT2D eigenvalue weighted by atomic mass is 10.2. The maximum atomic E-state index is 12.3. The fourth-order valence-corrected chi connectivity index (χ4v) is 3.88. The van der Waals surface area contributed by atoms with E-state index in [1.165, 1.54) is 0 Å². The number of hydrogen-bond acceptors (Lipinski definition) is 4. The Balaban J connectivity index is 2.92. The lowest BCUT2D eigenvalue weighted by molar-refractivity contribution is 0.258. The van der Waals surface area contributed by atoms with Gasteiger partial charge in [0.15, 0.2) is 0 Å². The van der Waals surface area contributed by atoms with Gasteiger partial charge in [0, 0.05) is 19.1 Å². The monoisotopic (exact) mass is 264 g/mol. The molecule has 2 atom stereocenters. The van der Waals surface area contributed by atoms with Crippen LogP contribution >= 0.6 is 0 Å². The quantitative estimate of drug-likeness (QED) is 0.783. The summed E-state index contributed by atoms with van der Waals surface area (Å²) in [5.74, 6) is 0. The summed E-state index contributed by atoms with van der Waals surface area (Å²) in [4.78, 5) is 2.17. The highest BCUT2D eigenvalue weighted by Gasteiger charge is 2.34. The van der Waals surface area contributed by atoms with E-state index in [0.717, 1.165) is 25.9 Å². The minimum absolute atomic E-state index is 0.0292. The van der Waals surface area contributed by atoms with Gasteiger partial charge in [0.1, 0.15) is 0 Å². The van der Waals surface area contributed by atoms with Crippen LogP contribution in [0.2, 0.25) is 0 Å². The zero-order valence-corrected chi connectivity index (χ0v) is 11.8. The minimum atomic E-state index is -3.36. The molecule has 6 heteroatoms. The van der Waals surface area contributed by atoms with E-state index in [-0.39, 0.29) is 12.6 Å². The molecule has 1 aliphatic heterocycles. The van der Waals surface area contributed by atoms with E-state index < -0.39 is 15.3 Å². The molecule has 1 heterocycles. The maximum absolute atomic E-state index is 12.3. The molecule has 2 unspecified atom stereocenters. The van der Waals surface area contributed by atoms with E-state index in [1.807, 2.05) is 14.0 Å². The topological polar surface area (TPSA) is 60.9 Å². The molecular formula is C11H24N2O3S. The highest BCUT2D eigenvalue weighted by molar-refractivity contribution is 7.89. The minimum Gasteiger partial charge on any atom is -0.395 e. The number of aliphatic hydroxyl groups is 1. The normalized spacial score (nSPS) is 26.7. The molecule has 1 saturated heterocycles. The van der Waals surface area contributed by atoms with Gasteiger partial charge in [-0.2, -0.15) is 4.31 Å². The van der Waals surface area contributed by atoms with Crippen molar-refractivity contribution >= 4 is 10.0 Å². The van der Waals surface area contributed by atoms with Crippen LogP contribution in [0.25, 0.3) is 0 Å². The molecule has 17 heavy (non-hydrogen) atoms. The van der Waals surface area contributed by atoms with Crippen LogP contribution in [-0.2, 0) is 10.0 Å². The predicted molar refractivity (Wildman–Crippen MR) is 68.4 cm³/mol. The van der Waals surface area contributed by atoms with Crippen molar-refractivity contribution in [2.24, 2.45) is 0 Å². The first kappa shape index (κ1) is 14.9. The molecule has 102 valence electrons. The van der Waals surface area contributed by atoms with E-state index in [1.54, 1.807) is 11.2 Å². The van der Waals surface area contributed by atoms with Crippen LogP contribution in [0, 0.1) is 0 Å². The van der Waals surface area contributed by atoms with Crippen molar-refractivity contribution in [3.63, 3.8) is 0 Å². The fourth-order valence-electron chi connectivity index (χ4n) is 2.21. The molecule has 1 rings (SSSR count). The molecule has 1 aliphatic rings. The summed E-state index contributed by atoms with van der Waals surface area (Å²) in [5.41, 5.74) is 0.